The average Bonchev–Trinajstić information content (AvgIpc) is 3.26. The first-order valence-corrected chi connectivity index (χ1v) is 10.7. The molecule has 0 aliphatic carbocycles. The molecule has 0 spiro atoms. The largest absolute Gasteiger partial charge is 0.460 e. The van der Waals surface area contributed by atoms with E-state index >= 15 is 0 Å². The molecule has 4 rings (SSSR count). The minimum absolute atomic E-state index is 0.143. The highest BCUT2D eigenvalue weighted by atomic mass is 19.1. The molecule has 1 aromatic heterocycles. The molecule has 10 heteroatoms. The van der Waals surface area contributed by atoms with Crippen molar-refractivity contribution in [1.29, 1.82) is 0 Å². The second-order valence-electron chi connectivity index (χ2n) is 7.59. The number of rotatable bonds is 8. The molecule has 2 N–H and O–H groups in total. The number of hydrogen-bond donors (Lipinski definition) is 2. The van der Waals surface area contributed by atoms with Crippen molar-refractivity contribution >= 4 is 17.4 Å². The number of nitrogens with zero attached hydrogens (tertiary/aromatic N) is 3. The lowest BCUT2D eigenvalue weighted by Crippen LogP contribution is -2.20. The maximum absolute atomic E-state index is 13.9. The first-order valence-electron chi connectivity index (χ1n) is 10.7. The molecule has 0 aliphatic heterocycles. The summed E-state index contributed by atoms with van der Waals surface area (Å²) >= 11 is 0. The van der Waals surface area contributed by atoms with E-state index in [-0.39, 0.29) is 18.3 Å². The summed E-state index contributed by atoms with van der Waals surface area (Å²) in [4.78, 5) is 16.9. The Morgan fingerprint density at radius 2 is 1.80 bits per heavy atom. The number of halogens is 2. The summed E-state index contributed by atoms with van der Waals surface area (Å²) < 4.78 is 39.2. The van der Waals surface area contributed by atoms with Gasteiger partial charge in [-0.2, -0.15) is 4.98 Å². The molecule has 0 aliphatic rings. The summed E-state index contributed by atoms with van der Waals surface area (Å²) in [6, 6.07) is 17.1. The molecule has 0 radical (unpaired) electrons. The van der Waals surface area contributed by atoms with Crippen molar-refractivity contribution in [1.82, 2.24) is 14.8 Å². The zero-order chi connectivity index (χ0) is 24.8. The Balaban J connectivity index is 1.59. The SMILES string of the molecule is COCCOc1nc(-c2ccc(C)cc2)n(-c2cccc(NC(=O)Nc3ccc(F)cc3F)c2)n1. The van der Waals surface area contributed by atoms with Crippen LogP contribution in [0.5, 0.6) is 6.01 Å². The molecule has 0 saturated carbocycles. The molecular formula is C25H23F2N5O3. The van der Waals surface area contributed by atoms with E-state index in [2.05, 4.69) is 20.7 Å². The smallest absolute Gasteiger partial charge is 0.336 e. The number of hydrogen-bond acceptors (Lipinski definition) is 5. The quantitative estimate of drug-likeness (QED) is 0.340. The van der Waals surface area contributed by atoms with Gasteiger partial charge in [-0.15, -0.1) is 5.10 Å². The van der Waals surface area contributed by atoms with E-state index in [0.717, 1.165) is 23.3 Å². The second kappa shape index (κ2) is 10.7. The van der Waals surface area contributed by atoms with Crippen LogP contribution in [0.1, 0.15) is 5.56 Å². The van der Waals surface area contributed by atoms with Crippen molar-refractivity contribution in [3.05, 3.63) is 83.9 Å². The minimum Gasteiger partial charge on any atom is -0.460 e. The van der Waals surface area contributed by atoms with E-state index in [1.165, 1.54) is 0 Å². The first kappa shape index (κ1) is 23.8. The van der Waals surface area contributed by atoms with Crippen molar-refractivity contribution in [3.8, 4) is 23.1 Å². The molecule has 0 saturated heterocycles. The van der Waals surface area contributed by atoms with Gasteiger partial charge in [0.25, 0.3) is 0 Å². The van der Waals surface area contributed by atoms with E-state index in [0.29, 0.717) is 29.9 Å². The van der Waals surface area contributed by atoms with Crippen LogP contribution >= 0.6 is 0 Å². The fourth-order valence-electron chi connectivity index (χ4n) is 3.23. The Morgan fingerprint density at radius 3 is 2.54 bits per heavy atom. The van der Waals surface area contributed by atoms with Crippen molar-refractivity contribution in [3.63, 3.8) is 0 Å². The molecule has 8 nitrogen and oxygen atoms in total. The number of aryl methyl sites for hydroxylation is 1. The fourth-order valence-corrected chi connectivity index (χ4v) is 3.23. The Bertz CT molecular complexity index is 1330. The second-order valence-corrected chi connectivity index (χ2v) is 7.59. The molecule has 0 unspecified atom stereocenters. The number of ether oxygens (including phenoxy) is 2. The lowest BCUT2D eigenvalue weighted by atomic mass is 10.1. The maximum Gasteiger partial charge on any atom is 0.336 e. The molecule has 1 heterocycles. The van der Waals surface area contributed by atoms with Gasteiger partial charge >= 0.3 is 12.0 Å². The Hall–Kier alpha value is -4.31. The molecule has 0 fully saturated rings. The number of urea groups is 1. The molecule has 2 amide bonds. The van der Waals surface area contributed by atoms with E-state index < -0.39 is 17.7 Å². The number of methoxy groups -OCH3 is 1. The summed E-state index contributed by atoms with van der Waals surface area (Å²) in [5.74, 6) is -1.06. The van der Waals surface area contributed by atoms with E-state index in [4.69, 9.17) is 9.47 Å². The number of aromatic nitrogens is 3. The van der Waals surface area contributed by atoms with Gasteiger partial charge in [-0.05, 0) is 37.3 Å². The Kier molecular flexibility index (Phi) is 7.32. The Morgan fingerprint density at radius 1 is 1.00 bits per heavy atom. The van der Waals surface area contributed by atoms with Gasteiger partial charge in [0.2, 0.25) is 0 Å². The van der Waals surface area contributed by atoms with Gasteiger partial charge in [-0.25, -0.2) is 18.3 Å². The summed E-state index contributed by atoms with van der Waals surface area (Å²) in [5.41, 5.74) is 2.82. The van der Waals surface area contributed by atoms with Crippen LogP contribution < -0.4 is 15.4 Å². The number of benzene rings is 3. The number of amides is 2. The summed E-state index contributed by atoms with van der Waals surface area (Å²) in [5, 5.41) is 9.47. The molecular weight excluding hydrogens is 456 g/mol. The van der Waals surface area contributed by atoms with Crippen LogP contribution in [0.4, 0.5) is 25.0 Å². The van der Waals surface area contributed by atoms with Crippen LogP contribution in [0, 0.1) is 18.6 Å². The monoisotopic (exact) mass is 479 g/mol. The predicted molar refractivity (Wildman–Crippen MR) is 128 cm³/mol. The van der Waals surface area contributed by atoms with Crippen LogP contribution in [0.15, 0.2) is 66.7 Å². The predicted octanol–water partition coefficient (Wildman–Crippen LogP) is 5.19. The van der Waals surface area contributed by atoms with Crippen molar-refractivity contribution in [2.24, 2.45) is 0 Å². The summed E-state index contributed by atoms with van der Waals surface area (Å²) in [7, 11) is 1.58. The molecule has 0 bridgehead atoms. The summed E-state index contributed by atoms with van der Waals surface area (Å²) in [6.45, 7) is 2.67. The van der Waals surface area contributed by atoms with Crippen molar-refractivity contribution in [2.45, 2.75) is 6.92 Å². The van der Waals surface area contributed by atoms with Gasteiger partial charge in [0.15, 0.2) is 5.82 Å². The normalized spacial score (nSPS) is 10.7. The molecule has 4 aromatic rings. The van der Waals surface area contributed by atoms with Gasteiger partial charge < -0.3 is 20.1 Å². The fraction of sp³-hybridized carbons (Fsp3) is 0.160. The number of carbonyl (C=O) groups is 1. The van der Waals surface area contributed by atoms with E-state index in [9.17, 15) is 13.6 Å². The third kappa shape index (κ3) is 5.98. The van der Waals surface area contributed by atoms with Gasteiger partial charge in [0.1, 0.15) is 18.2 Å². The molecule has 3 aromatic carbocycles. The third-order valence-corrected chi connectivity index (χ3v) is 4.94. The number of nitrogens with one attached hydrogen (secondary N) is 2. The number of carbonyl (C=O) groups excluding carboxylic acids is 1. The molecule has 0 atom stereocenters. The van der Waals surface area contributed by atoms with Crippen molar-refractivity contribution in [2.75, 3.05) is 31.0 Å². The van der Waals surface area contributed by atoms with Crippen LogP contribution in [0.25, 0.3) is 17.1 Å². The van der Waals surface area contributed by atoms with E-state index in [1.807, 2.05) is 31.2 Å². The molecule has 180 valence electrons. The lowest BCUT2D eigenvalue weighted by Gasteiger charge is -2.11. The Labute approximate surface area is 200 Å². The van der Waals surface area contributed by atoms with Crippen LogP contribution in [0.2, 0.25) is 0 Å². The highest BCUT2D eigenvalue weighted by Crippen LogP contribution is 2.25. The van der Waals surface area contributed by atoms with Gasteiger partial charge in [0, 0.05) is 24.4 Å². The minimum atomic E-state index is -0.875. The highest BCUT2D eigenvalue weighted by Gasteiger charge is 2.16. The lowest BCUT2D eigenvalue weighted by molar-refractivity contribution is 0.141. The maximum atomic E-state index is 13.9. The van der Waals surface area contributed by atoms with Gasteiger partial charge in [-0.3, -0.25) is 0 Å². The zero-order valence-corrected chi connectivity index (χ0v) is 19.1. The number of anilines is 2. The third-order valence-electron chi connectivity index (χ3n) is 4.94. The average molecular weight is 479 g/mol. The van der Waals surface area contributed by atoms with Gasteiger partial charge in [-0.1, -0.05) is 35.9 Å². The van der Waals surface area contributed by atoms with E-state index in [1.54, 1.807) is 36.1 Å². The zero-order valence-electron chi connectivity index (χ0n) is 19.1. The van der Waals surface area contributed by atoms with Gasteiger partial charge in [0.05, 0.1) is 18.0 Å². The van der Waals surface area contributed by atoms with Crippen LogP contribution in [0.3, 0.4) is 0 Å². The van der Waals surface area contributed by atoms with Crippen LogP contribution in [-0.4, -0.2) is 41.1 Å². The summed E-state index contributed by atoms with van der Waals surface area (Å²) in [6.07, 6.45) is 0. The topological polar surface area (TPSA) is 90.3 Å². The van der Waals surface area contributed by atoms with Crippen LogP contribution in [-0.2, 0) is 4.74 Å². The molecule has 35 heavy (non-hydrogen) atoms. The van der Waals surface area contributed by atoms with Crippen molar-refractivity contribution < 1.29 is 23.0 Å². The first-order chi connectivity index (χ1) is 16.9. The standard InChI is InChI=1S/C25H23F2N5O3/c1-16-6-8-17(9-7-16)23-30-25(35-13-12-34-2)31-32(23)20-5-3-4-19(15-20)28-24(33)29-22-11-10-18(26)14-21(22)27/h3-11,14-15H,12-13H2,1-2H3,(H2,28,29,33). The highest BCUT2D eigenvalue weighted by molar-refractivity contribution is 6.00.